The van der Waals surface area contributed by atoms with Crippen LogP contribution in [-0.4, -0.2) is 24.2 Å². The van der Waals surface area contributed by atoms with Crippen LogP contribution in [0.25, 0.3) is 0 Å². The van der Waals surface area contributed by atoms with Gasteiger partial charge in [0.2, 0.25) is 0 Å². The van der Waals surface area contributed by atoms with Crippen LogP contribution >= 0.6 is 0 Å². The third-order valence-electron chi connectivity index (χ3n) is 2.10. The Hall–Kier alpha value is -0.570. The number of rotatable bonds is 4. The van der Waals surface area contributed by atoms with Gasteiger partial charge in [0.25, 0.3) is 0 Å². The van der Waals surface area contributed by atoms with E-state index in [0.29, 0.717) is 6.04 Å². The lowest BCUT2D eigenvalue weighted by atomic mass is 10.1. The average molecular weight is 199 g/mol. The lowest BCUT2D eigenvalue weighted by Gasteiger charge is -2.22. The molecule has 1 aliphatic rings. The molecule has 1 N–H and O–H groups in total. The van der Waals surface area contributed by atoms with Crippen LogP contribution in [0.5, 0.6) is 0 Å². The van der Waals surface area contributed by atoms with Gasteiger partial charge >= 0.3 is 5.97 Å². The summed E-state index contributed by atoms with van der Waals surface area (Å²) in [5.41, 5.74) is -0.370. The largest absolute Gasteiger partial charge is 0.460 e. The van der Waals surface area contributed by atoms with Crippen molar-refractivity contribution in [1.82, 2.24) is 5.32 Å². The number of esters is 1. The van der Waals surface area contributed by atoms with Gasteiger partial charge in [0.05, 0.1) is 5.92 Å². The highest BCUT2D eigenvalue weighted by Crippen LogP contribution is 2.19. The van der Waals surface area contributed by atoms with E-state index in [0.717, 1.165) is 6.54 Å². The Labute approximate surface area is 86.2 Å². The zero-order valence-corrected chi connectivity index (χ0v) is 9.59. The van der Waals surface area contributed by atoms with E-state index in [1.807, 2.05) is 27.7 Å². The maximum Gasteiger partial charge on any atom is 0.310 e. The molecule has 0 bridgehead atoms. The maximum atomic E-state index is 11.5. The third-order valence-corrected chi connectivity index (χ3v) is 2.10. The fraction of sp³-hybridized carbons (Fsp3) is 0.909. The van der Waals surface area contributed by atoms with Gasteiger partial charge in [-0.1, -0.05) is 6.92 Å². The highest BCUT2D eigenvalue weighted by atomic mass is 16.6. The summed E-state index contributed by atoms with van der Waals surface area (Å²) in [6.45, 7) is 8.33. The van der Waals surface area contributed by atoms with Gasteiger partial charge in [0, 0.05) is 12.6 Å². The van der Waals surface area contributed by atoms with Crippen molar-refractivity contribution >= 4 is 5.97 Å². The molecule has 14 heavy (non-hydrogen) atoms. The minimum absolute atomic E-state index is 0.0465. The van der Waals surface area contributed by atoms with Crippen LogP contribution in [0.3, 0.4) is 0 Å². The second-order valence-corrected chi connectivity index (χ2v) is 5.12. The first kappa shape index (κ1) is 11.5. The minimum atomic E-state index is -0.370. The van der Waals surface area contributed by atoms with E-state index in [9.17, 15) is 4.79 Å². The Morgan fingerprint density at radius 3 is 2.50 bits per heavy atom. The van der Waals surface area contributed by atoms with Gasteiger partial charge in [-0.25, -0.2) is 0 Å². The second-order valence-electron chi connectivity index (χ2n) is 5.12. The SMILES string of the molecule is CC(CNC1CC1)C(=O)OC(C)(C)C. The average Bonchev–Trinajstić information content (AvgIpc) is 2.79. The summed E-state index contributed by atoms with van der Waals surface area (Å²) in [5.74, 6) is -0.152. The molecule has 0 heterocycles. The van der Waals surface area contributed by atoms with E-state index < -0.39 is 0 Å². The lowest BCUT2D eigenvalue weighted by Crippen LogP contribution is -2.33. The van der Waals surface area contributed by atoms with E-state index in [1.165, 1.54) is 12.8 Å². The summed E-state index contributed by atoms with van der Waals surface area (Å²) in [6, 6.07) is 0.653. The van der Waals surface area contributed by atoms with Crippen molar-refractivity contribution in [2.24, 2.45) is 5.92 Å². The Balaban J connectivity index is 2.20. The van der Waals surface area contributed by atoms with Crippen molar-refractivity contribution in [3.63, 3.8) is 0 Å². The standard InChI is InChI=1S/C11H21NO2/c1-8(7-12-9-5-6-9)10(13)14-11(2,3)4/h8-9,12H,5-7H2,1-4H3. The van der Waals surface area contributed by atoms with E-state index in [2.05, 4.69) is 5.32 Å². The molecule has 1 unspecified atom stereocenters. The number of carbonyl (C=O) groups is 1. The van der Waals surface area contributed by atoms with Crippen LogP contribution in [-0.2, 0) is 9.53 Å². The van der Waals surface area contributed by atoms with Gasteiger partial charge in [-0.15, -0.1) is 0 Å². The van der Waals surface area contributed by atoms with E-state index in [1.54, 1.807) is 0 Å². The molecule has 0 saturated heterocycles. The first-order valence-corrected chi connectivity index (χ1v) is 5.35. The smallest absolute Gasteiger partial charge is 0.310 e. The van der Waals surface area contributed by atoms with Gasteiger partial charge < -0.3 is 10.1 Å². The predicted molar refractivity (Wildman–Crippen MR) is 56.0 cm³/mol. The third kappa shape index (κ3) is 4.61. The number of ether oxygens (including phenoxy) is 1. The van der Waals surface area contributed by atoms with Crippen molar-refractivity contribution in [2.75, 3.05) is 6.54 Å². The molecule has 0 aromatic carbocycles. The quantitative estimate of drug-likeness (QED) is 0.701. The summed E-state index contributed by atoms with van der Waals surface area (Å²) in [5, 5.41) is 3.32. The van der Waals surface area contributed by atoms with Crippen molar-refractivity contribution < 1.29 is 9.53 Å². The molecular formula is C11H21NO2. The zero-order valence-electron chi connectivity index (χ0n) is 9.59. The van der Waals surface area contributed by atoms with Crippen LogP contribution in [0.15, 0.2) is 0 Å². The van der Waals surface area contributed by atoms with Gasteiger partial charge in [0.15, 0.2) is 0 Å². The summed E-state index contributed by atoms with van der Waals surface area (Å²) in [7, 11) is 0. The summed E-state index contributed by atoms with van der Waals surface area (Å²) in [6.07, 6.45) is 2.50. The van der Waals surface area contributed by atoms with Gasteiger partial charge in [-0.3, -0.25) is 4.79 Å². The van der Waals surface area contributed by atoms with Crippen LogP contribution in [0, 0.1) is 5.92 Å². The molecule has 1 aliphatic carbocycles. The highest BCUT2D eigenvalue weighted by molar-refractivity contribution is 5.72. The molecular weight excluding hydrogens is 178 g/mol. The molecule has 82 valence electrons. The predicted octanol–water partition coefficient (Wildman–Crippen LogP) is 1.72. The maximum absolute atomic E-state index is 11.5. The Bertz CT molecular complexity index is 204. The molecule has 0 aliphatic heterocycles. The number of hydrogen-bond acceptors (Lipinski definition) is 3. The number of hydrogen-bond donors (Lipinski definition) is 1. The monoisotopic (exact) mass is 199 g/mol. The van der Waals surface area contributed by atoms with Crippen LogP contribution in [0.4, 0.5) is 0 Å². The molecule has 0 spiro atoms. The topological polar surface area (TPSA) is 38.3 Å². The molecule has 1 atom stereocenters. The normalized spacial score (nSPS) is 19.1. The molecule has 0 radical (unpaired) electrons. The number of nitrogens with one attached hydrogen (secondary N) is 1. The molecule has 3 nitrogen and oxygen atoms in total. The summed E-state index contributed by atoms with van der Waals surface area (Å²) >= 11 is 0. The first-order valence-electron chi connectivity index (χ1n) is 5.35. The first-order chi connectivity index (χ1) is 6.38. The second kappa shape index (κ2) is 4.30. The van der Waals surface area contributed by atoms with Crippen LogP contribution < -0.4 is 5.32 Å². The number of carbonyl (C=O) groups excluding carboxylic acids is 1. The lowest BCUT2D eigenvalue weighted by molar-refractivity contribution is -0.159. The van der Waals surface area contributed by atoms with Crippen molar-refractivity contribution in [1.29, 1.82) is 0 Å². The van der Waals surface area contributed by atoms with Crippen molar-refractivity contribution in [3.05, 3.63) is 0 Å². The molecule has 3 heteroatoms. The zero-order chi connectivity index (χ0) is 10.8. The summed E-state index contributed by atoms with van der Waals surface area (Å²) in [4.78, 5) is 11.5. The molecule has 1 fully saturated rings. The Morgan fingerprint density at radius 2 is 2.07 bits per heavy atom. The molecule has 1 saturated carbocycles. The van der Waals surface area contributed by atoms with E-state index in [-0.39, 0.29) is 17.5 Å². The van der Waals surface area contributed by atoms with E-state index in [4.69, 9.17) is 4.74 Å². The Kier molecular flexibility index (Phi) is 3.53. The van der Waals surface area contributed by atoms with Gasteiger partial charge in [0.1, 0.15) is 5.60 Å². The van der Waals surface area contributed by atoms with Gasteiger partial charge in [-0.2, -0.15) is 0 Å². The van der Waals surface area contributed by atoms with Crippen LogP contribution in [0.2, 0.25) is 0 Å². The van der Waals surface area contributed by atoms with Crippen molar-refractivity contribution in [2.45, 2.75) is 52.2 Å². The molecule has 1 rings (SSSR count). The minimum Gasteiger partial charge on any atom is -0.460 e. The molecule has 0 amide bonds. The Morgan fingerprint density at radius 1 is 1.50 bits per heavy atom. The van der Waals surface area contributed by atoms with Gasteiger partial charge in [-0.05, 0) is 33.6 Å². The summed E-state index contributed by atoms with van der Waals surface area (Å²) < 4.78 is 5.27. The fourth-order valence-corrected chi connectivity index (χ4v) is 1.12. The van der Waals surface area contributed by atoms with Crippen LogP contribution in [0.1, 0.15) is 40.5 Å². The highest BCUT2D eigenvalue weighted by Gasteiger charge is 2.25. The molecule has 0 aromatic heterocycles. The van der Waals surface area contributed by atoms with E-state index >= 15 is 0 Å². The molecule has 0 aromatic rings. The van der Waals surface area contributed by atoms with Crippen molar-refractivity contribution in [3.8, 4) is 0 Å². The fourth-order valence-electron chi connectivity index (χ4n) is 1.12.